The van der Waals surface area contributed by atoms with Gasteiger partial charge in [-0.25, -0.2) is 4.98 Å². The molecule has 35 heavy (non-hydrogen) atoms. The van der Waals surface area contributed by atoms with Gasteiger partial charge >= 0.3 is 18.9 Å². The molecule has 0 bridgehead atoms. The van der Waals surface area contributed by atoms with Crippen LogP contribution >= 0.6 is 34.5 Å². The monoisotopic (exact) mass is 526 g/mol. The van der Waals surface area contributed by atoms with E-state index in [4.69, 9.17) is 27.9 Å². The van der Waals surface area contributed by atoms with Crippen LogP contribution in [-0.4, -0.2) is 48.1 Å². The average molecular weight is 527 g/mol. The number of hydrogen-bond acceptors (Lipinski definition) is 7. The smallest absolute Gasteiger partial charge is 0.544 e. The summed E-state index contributed by atoms with van der Waals surface area (Å²) < 4.78 is 5.25. The van der Waals surface area contributed by atoms with Gasteiger partial charge in [0, 0.05) is 43.1 Å². The molecule has 1 saturated carbocycles. The average Bonchev–Trinajstić information content (AvgIpc) is 3.18. The minimum Gasteiger partial charge on any atom is -0.544 e. The van der Waals surface area contributed by atoms with Gasteiger partial charge in [0.25, 0.3) is 5.91 Å². The first-order valence-electron chi connectivity index (χ1n) is 10.7. The fourth-order valence-electron chi connectivity index (χ4n) is 4.58. The van der Waals surface area contributed by atoms with E-state index in [0.29, 0.717) is 46.8 Å². The summed E-state index contributed by atoms with van der Waals surface area (Å²) >= 11 is 13.4. The number of aromatic carboxylic acids is 1. The summed E-state index contributed by atoms with van der Waals surface area (Å²) in [6.07, 6.45) is 0.370. The van der Waals surface area contributed by atoms with Gasteiger partial charge in [0.2, 0.25) is 0 Å². The maximum absolute atomic E-state index is 12.6. The zero-order valence-corrected chi connectivity index (χ0v) is 21.7. The number of aryl methyl sites for hydroxylation is 1. The Morgan fingerprint density at radius 2 is 2.00 bits per heavy atom. The van der Waals surface area contributed by atoms with Crippen LogP contribution in [0.1, 0.15) is 37.1 Å². The molecule has 0 spiro atoms. The number of amides is 1. The van der Waals surface area contributed by atoms with Crippen LogP contribution in [0.2, 0.25) is 10.0 Å². The van der Waals surface area contributed by atoms with Crippen molar-refractivity contribution in [3.63, 3.8) is 0 Å². The molecule has 3 aromatic rings. The van der Waals surface area contributed by atoms with Gasteiger partial charge in [-0.3, -0.25) is 4.79 Å². The summed E-state index contributed by atoms with van der Waals surface area (Å²) in [4.78, 5) is 34.1. The van der Waals surface area contributed by atoms with Gasteiger partial charge in [-0.1, -0.05) is 46.7 Å². The van der Waals surface area contributed by atoms with Crippen LogP contribution in [0.15, 0.2) is 24.3 Å². The van der Waals surface area contributed by atoms with Crippen LogP contribution in [0.4, 0.5) is 5.13 Å². The first-order chi connectivity index (χ1) is 16.3. The zero-order chi connectivity index (χ0) is 24.1. The predicted octanol–water partition coefficient (Wildman–Crippen LogP) is -0.0821. The minimum absolute atomic E-state index is 0. The van der Waals surface area contributed by atoms with Crippen molar-refractivity contribution < 1.29 is 38.3 Å². The first kappa shape index (κ1) is 25.9. The number of carbonyl (C=O) groups excluding carboxylic acids is 2. The fraction of sp³-hybridized carbons (Fsp3) is 0.348. The van der Waals surface area contributed by atoms with Crippen LogP contribution in [-0.2, 0) is 6.42 Å². The number of ether oxygens (including phenoxy) is 1. The van der Waals surface area contributed by atoms with E-state index in [0.717, 1.165) is 16.9 Å². The Morgan fingerprint density at radius 3 is 2.60 bits per heavy atom. The number of piperidine rings is 1. The van der Waals surface area contributed by atoms with Gasteiger partial charge in [-0.05, 0) is 24.6 Å². The molecule has 1 aromatic carbocycles. The molecule has 12 heteroatoms. The molecule has 178 valence electrons. The Balaban J connectivity index is 0.00000289. The Hall–Kier alpha value is -2.15. The second-order valence-electron chi connectivity index (χ2n) is 8.57. The summed E-state index contributed by atoms with van der Waals surface area (Å²) in [6, 6.07) is 7.50. The van der Waals surface area contributed by atoms with Crippen molar-refractivity contribution in [3.8, 4) is 5.75 Å². The van der Waals surface area contributed by atoms with E-state index in [2.05, 4.69) is 20.2 Å². The van der Waals surface area contributed by atoms with E-state index >= 15 is 0 Å². The molecule has 2 N–H and O–H groups in total. The van der Waals surface area contributed by atoms with Crippen LogP contribution in [0, 0.1) is 18.8 Å². The molecule has 2 aliphatic rings. The van der Waals surface area contributed by atoms with Gasteiger partial charge in [-0.15, -0.1) is 0 Å². The number of thiazole rings is 1. The second kappa shape index (κ2) is 10.1. The number of carboxylic acid groups (broad SMARTS) is 1. The number of benzene rings is 1. The number of fused-ring (bicyclic) bond motifs is 1. The van der Waals surface area contributed by atoms with Crippen molar-refractivity contribution in [2.24, 2.45) is 11.8 Å². The summed E-state index contributed by atoms with van der Waals surface area (Å²) in [5.74, 6) is -0.264. The Labute approximate surface area is 228 Å². The van der Waals surface area contributed by atoms with Crippen LogP contribution < -0.4 is 38.9 Å². The van der Waals surface area contributed by atoms with Crippen molar-refractivity contribution in [3.05, 3.63) is 61.8 Å². The van der Waals surface area contributed by atoms with E-state index in [-0.39, 0.29) is 58.2 Å². The molecular weight excluding hydrogens is 506 g/mol. The number of rotatable bonds is 7. The predicted molar refractivity (Wildman–Crippen MR) is 128 cm³/mol. The number of nitrogens with zero attached hydrogens (tertiary/aromatic N) is 2. The Kier molecular flexibility index (Phi) is 7.46. The first-order valence-corrected chi connectivity index (χ1v) is 12.3. The van der Waals surface area contributed by atoms with E-state index in [1.807, 2.05) is 24.3 Å². The Bertz CT molecular complexity index is 1280. The van der Waals surface area contributed by atoms with Crippen LogP contribution in [0.3, 0.4) is 0 Å². The maximum Gasteiger partial charge on any atom is 1.00 e. The van der Waals surface area contributed by atoms with Crippen molar-refractivity contribution in [2.75, 3.05) is 25.1 Å². The SMILES string of the molecule is COc1cccc(Cc2nc(N3C[C@@H]4[C@H](C3)[C@@H]4NC(=O)c3[nH]c(C)c(Cl)c3Cl)sc2C(=O)[O-])c1.[Li+]. The molecule has 5 rings (SSSR count). The number of hydrogen-bond donors (Lipinski definition) is 2. The van der Waals surface area contributed by atoms with Crippen LogP contribution in [0.25, 0.3) is 0 Å². The topological polar surface area (TPSA) is 110 Å². The van der Waals surface area contributed by atoms with Gasteiger partial charge in [0.1, 0.15) is 11.4 Å². The molecule has 3 atom stereocenters. The van der Waals surface area contributed by atoms with Gasteiger partial charge in [-0.2, -0.15) is 0 Å². The Morgan fingerprint density at radius 1 is 1.29 bits per heavy atom. The zero-order valence-electron chi connectivity index (χ0n) is 19.4. The normalized spacial score (nSPS) is 20.2. The van der Waals surface area contributed by atoms with Crippen molar-refractivity contribution >= 4 is 51.5 Å². The molecule has 0 unspecified atom stereocenters. The molecule has 1 amide bonds. The number of anilines is 1. The summed E-state index contributed by atoms with van der Waals surface area (Å²) in [5.41, 5.74) is 2.30. The number of carboxylic acids is 1. The number of aromatic nitrogens is 2. The molecule has 1 aliphatic carbocycles. The molecule has 8 nitrogen and oxygen atoms in total. The molecular formula is C23H21Cl2LiN4O4S. The third-order valence-electron chi connectivity index (χ3n) is 6.42. The second-order valence-corrected chi connectivity index (χ2v) is 10.3. The largest absolute Gasteiger partial charge is 1.00 e. The number of methoxy groups -OCH3 is 1. The maximum atomic E-state index is 12.6. The minimum atomic E-state index is -1.23. The summed E-state index contributed by atoms with van der Waals surface area (Å²) in [5, 5.41) is 16.0. The van der Waals surface area contributed by atoms with Gasteiger partial charge in [0.15, 0.2) is 5.13 Å². The quantitative estimate of drug-likeness (QED) is 0.416. The number of H-pyrrole nitrogens is 1. The molecule has 3 heterocycles. The van der Waals surface area contributed by atoms with Gasteiger partial charge in [0.05, 0.1) is 33.7 Å². The van der Waals surface area contributed by atoms with Crippen molar-refractivity contribution in [2.45, 2.75) is 19.4 Å². The van der Waals surface area contributed by atoms with E-state index in [9.17, 15) is 14.7 Å². The molecule has 2 aromatic heterocycles. The fourth-order valence-corrected chi connectivity index (χ4v) is 5.93. The van der Waals surface area contributed by atoms with Crippen LogP contribution in [0.5, 0.6) is 5.75 Å². The standard InChI is InChI=1S/C23H22Cl2N4O4S.Li/c1-10-16(24)17(25)19(26-10)21(30)28-18-13-8-29(9-14(13)18)23-27-15(20(34-23)22(31)32)7-11-4-3-5-12(6-11)33-2;/h3-6,13-14,18,26H,7-9H2,1-2H3,(H,28,30)(H,31,32);/q;+1/p-1/t13-,14+,18-;. The van der Waals surface area contributed by atoms with Crippen molar-refractivity contribution in [1.29, 1.82) is 0 Å². The van der Waals surface area contributed by atoms with Gasteiger partial charge < -0.3 is 29.8 Å². The third-order valence-corrected chi connectivity index (χ3v) is 8.51. The van der Waals surface area contributed by atoms with E-state index < -0.39 is 5.97 Å². The number of aromatic amines is 1. The molecule has 1 saturated heterocycles. The number of nitrogens with one attached hydrogen (secondary N) is 2. The molecule has 2 fully saturated rings. The summed E-state index contributed by atoms with van der Waals surface area (Å²) in [6.45, 7) is 3.13. The molecule has 0 radical (unpaired) electrons. The molecule has 1 aliphatic heterocycles. The summed E-state index contributed by atoms with van der Waals surface area (Å²) in [7, 11) is 1.59. The van der Waals surface area contributed by atoms with Crippen molar-refractivity contribution in [1.82, 2.24) is 15.3 Å². The number of halogens is 2. The number of carbonyl (C=O) groups is 2. The van der Waals surface area contributed by atoms with E-state index in [1.165, 1.54) is 0 Å². The van der Waals surface area contributed by atoms with E-state index in [1.54, 1.807) is 14.0 Å². The third kappa shape index (κ3) is 4.93.